The highest BCUT2D eigenvalue weighted by Crippen LogP contribution is 2.24. The number of nitrogens with one attached hydrogen (secondary N) is 1. The summed E-state index contributed by atoms with van der Waals surface area (Å²) in [6.45, 7) is 0. The van der Waals surface area contributed by atoms with Gasteiger partial charge in [0.05, 0.1) is 10.6 Å². The summed E-state index contributed by atoms with van der Waals surface area (Å²) in [5.74, 6) is -0.113. The zero-order chi connectivity index (χ0) is 18.0. The van der Waals surface area contributed by atoms with E-state index in [1.165, 1.54) is 18.2 Å². The maximum Gasteiger partial charge on any atom is 0.253 e. The summed E-state index contributed by atoms with van der Waals surface area (Å²) < 4.78 is 15.0. The second kappa shape index (κ2) is 7.25. The minimum absolute atomic E-state index is 0.252. The molecule has 1 aromatic heterocycles. The van der Waals surface area contributed by atoms with Crippen molar-refractivity contribution < 1.29 is 9.18 Å². The van der Waals surface area contributed by atoms with Crippen molar-refractivity contribution in [1.29, 1.82) is 0 Å². The van der Waals surface area contributed by atoms with Crippen molar-refractivity contribution in [2.75, 3.05) is 0 Å². The van der Waals surface area contributed by atoms with Crippen LogP contribution in [0, 0.1) is 5.82 Å². The molecule has 1 N–H and O–H groups in total. The number of imidazole rings is 1. The van der Waals surface area contributed by atoms with E-state index in [9.17, 15) is 9.18 Å². The van der Waals surface area contributed by atoms with E-state index in [-0.39, 0.29) is 16.7 Å². The highest BCUT2D eigenvalue weighted by atomic mass is 35.5. The average molecular weight is 378 g/mol. The normalized spacial score (nSPS) is 12.0. The molecule has 1 heterocycles. The van der Waals surface area contributed by atoms with Crippen LogP contribution in [0.5, 0.6) is 0 Å². The molecule has 1 amide bonds. The van der Waals surface area contributed by atoms with Crippen LogP contribution < -0.4 is 5.32 Å². The van der Waals surface area contributed by atoms with Gasteiger partial charge in [0, 0.05) is 24.5 Å². The van der Waals surface area contributed by atoms with Crippen LogP contribution in [0.25, 0.3) is 0 Å². The van der Waals surface area contributed by atoms with Gasteiger partial charge in [-0.3, -0.25) is 4.79 Å². The number of aryl methyl sites for hydroxylation is 1. The third-order valence-corrected chi connectivity index (χ3v) is 4.32. The summed E-state index contributed by atoms with van der Waals surface area (Å²) in [7, 11) is 1.82. The molecule has 0 bridgehead atoms. The predicted molar refractivity (Wildman–Crippen MR) is 95.4 cm³/mol. The minimum atomic E-state index is -0.556. The van der Waals surface area contributed by atoms with Gasteiger partial charge in [0.25, 0.3) is 5.91 Å². The SMILES string of the molecule is Cn1ccnc1C(NC(=O)c1ccc(Cl)cc1Cl)c1ccc(F)cc1. The molecule has 1 atom stereocenters. The molecule has 1 unspecified atom stereocenters. The first-order valence-electron chi connectivity index (χ1n) is 7.44. The lowest BCUT2D eigenvalue weighted by Crippen LogP contribution is -2.31. The van der Waals surface area contributed by atoms with Crippen LogP contribution in [0.3, 0.4) is 0 Å². The highest BCUT2D eigenvalue weighted by Gasteiger charge is 2.22. The van der Waals surface area contributed by atoms with Crippen molar-refractivity contribution in [3.05, 3.63) is 87.7 Å². The number of carbonyl (C=O) groups excluding carboxylic acids is 1. The Hall–Kier alpha value is -2.37. The first kappa shape index (κ1) is 17.5. The Morgan fingerprint density at radius 3 is 2.52 bits per heavy atom. The van der Waals surface area contributed by atoms with E-state index in [2.05, 4.69) is 10.3 Å². The Morgan fingerprint density at radius 1 is 1.20 bits per heavy atom. The summed E-state index contributed by atoms with van der Waals surface area (Å²) >= 11 is 12.0. The number of carbonyl (C=O) groups is 1. The number of rotatable bonds is 4. The lowest BCUT2D eigenvalue weighted by molar-refractivity contribution is 0.0941. The molecule has 0 radical (unpaired) electrons. The fourth-order valence-corrected chi connectivity index (χ4v) is 2.98. The van der Waals surface area contributed by atoms with Gasteiger partial charge < -0.3 is 9.88 Å². The molecular weight excluding hydrogens is 364 g/mol. The lowest BCUT2D eigenvalue weighted by Gasteiger charge is -2.19. The van der Waals surface area contributed by atoms with Gasteiger partial charge in [0.1, 0.15) is 17.7 Å². The molecule has 0 aliphatic rings. The molecule has 7 heteroatoms. The van der Waals surface area contributed by atoms with E-state index in [1.54, 1.807) is 41.2 Å². The second-order valence-corrected chi connectivity index (χ2v) is 6.32. The fourth-order valence-electron chi connectivity index (χ4n) is 2.49. The van der Waals surface area contributed by atoms with Crippen molar-refractivity contribution in [2.24, 2.45) is 7.05 Å². The van der Waals surface area contributed by atoms with Crippen LogP contribution in [-0.2, 0) is 7.05 Å². The lowest BCUT2D eigenvalue weighted by atomic mass is 10.1. The fraction of sp³-hybridized carbons (Fsp3) is 0.111. The Bertz CT molecular complexity index is 909. The van der Waals surface area contributed by atoms with Gasteiger partial charge >= 0.3 is 0 Å². The van der Waals surface area contributed by atoms with Gasteiger partial charge in [0.2, 0.25) is 0 Å². The Morgan fingerprint density at radius 2 is 1.92 bits per heavy atom. The molecule has 0 fully saturated rings. The van der Waals surface area contributed by atoms with Crippen LogP contribution >= 0.6 is 23.2 Å². The van der Waals surface area contributed by atoms with Gasteiger partial charge in [-0.15, -0.1) is 0 Å². The van der Waals surface area contributed by atoms with Gasteiger partial charge in [-0.05, 0) is 35.9 Å². The quantitative estimate of drug-likeness (QED) is 0.732. The van der Waals surface area contributed by atoms with E-state index in [4.69, 9.17) is 23.2 Å². The number of aromatic nitrogens is 2. The van der Waals surface area contributed by atoms with Gasteiger partial charge in [-0.1, -0.05) is 35.3 Å². The van der Waals surface area contributed by atoms with Crippen molar-refractivity contribution in [1.82, 2.24) is 14.9 Å². The van der Waals surface area contributed by atoms with Crippen molar-refractivity contribution in [3.63, 3.8) is 0 Å². The van der Waals surface area contributed by atoms with Crippen molar-refractivity contribution >= 4 is 29.1 Å². The van der Waals surface area contributed by atoms with Crippen LogP contribution in [0.1, 0.15) is 27.8 Å². The average Bonchev–Trinajstić information content (AvgIpc) is 2.99. The molecule has 2 aromatic carbocycles. The van der Waals surface area contributed by atoms with Crippen LogP contribution in [0.15, 0.2) is 54.9 Å². The molecule has 3 rings (SSSR count). The zero-order valence-corrected chi connectivity index (χ0v) is 14.7. The van der Waals surface area contributed by atoms with Gasteiger partial charge in [0.15, 0.2) is 0 Å². The predicted octanol–water partition coefficient (Wildman–Crippen LogP) is 4.39. The van der Waals surface area contributed by atoms with E-state index in [0.717, 1.165) is 0 Å². The van der Waals surface area contributed by atoms with Crippen LogP contribution in [-0.4, -0.2) is 15.5 Å². The molecule has 25 heavy (non-hydrogen) atoms. The standard InChI is InChI=1S/C18H14Cl2FN3O/c1-24-9-8-22-17(24)16(11-2-5-13(21)6-3-11)23-18(25)14-7-4-12(19)10-15(14)20/h2-10,16H,1H3,(H,23,25). The summed E-state index contributed by atoms with van der Waals surface area (Å²) in [6.07, 6.45) is 3.40. The number of halogens is 3. The molecule has 0 saturated carbocycles. The maximum absolute atomic E-state index is 13.3. The van der Waals surface area contributed by atoms with Crippen LogP contribution in [0.4, 0.5) is 4.39 Å². The third kappa shape index (κ3) is 3.83. The summed E-state index contributed by atoms with van der Waals surface area (Å²) in [6, 6.07) is 10.00. The monoisotopic (exact) mass is 377 g/mol. The summed E-state index contributed by atoms with van der Waals surface area (Å²) in [5, 5.41) is 3.60. The van der Waals surface area contributed by atoms with Crippen molar-refractivity contribution in [2.45, 2.75) is 6.04 Å². The maximum atomic E-state index is 13.3. The number of nitrogens with zero attached hydrogens (tertiary/aromatic N) is 2. The summed E-state index contributed by atoms with van der Waals surface area (Å²) in [4.78, 5) is 17.0. The number of hydrogen-bond acceptors (Lipinski definition) is 2. The Labute approximate surface area is 154 Å². The number of benzene rings is 2. The summed E-state index contributed by atoms with van der Waals surface area (Å²) in [5.41, 5.74) is 1.00. The first-order valence-corrected chi connectivity index (χ1v) is 8.20. The minimum Gasteiger partial charge on any atom is -0.338 e. The molecule has 0 aliphatic heterocycles. The van der Waals surface area contributed by atoms with Crippen LogP contribution in [0.2, 0.25) is 10.0 Å². The topological polar surface area (TPSA) is 46.9 Å². The molecule has 0 saturated heterocycles. The number of hydrogen-bond donors (Lipinski definition) is 1. The largest absolute Gasteiger partial charge is 0.338 e. The Balaban J connectivity index is 1.96. The molecule has 0 aliphatic carbocycles. The molecule has 0 spiro atoms. The first-order chi connectivity index (χ1) is 12.0. The molecule has 4 nitrogen and oxygen atoms in total. The molecule has 3 aromatic rings. The smallest absolute Gasteiger partial charge is 0.253 e. The van der Waals surface area contributed by atoms with Crippen molar-refractivity contribution in [3.8, 4) is 0 Å². The van der Waals surface area contributed by atoms with E-state index in [0.29, 0.717) is 22.0 Å². The zero-order valence-electron chi connectivity index (χ0n) is 13.2. The molecule has 128 valence electrons. The van der Waals surface area contributed by atoms with Gasteiger partial charge in [-0.2, -0.15) is 0 Å². The highest BCUT2D eigenvalue weighted by molar-refractivity contribution is 6.36. The second-order valence-electron chi connectivity index (χ2n) is 5.48. The Kier molecular flexibility index (Phi) is 5.06. The van der Waals surface area contributed by atoms with E-state index >= 15 is 0 Å². The third-order valence-electron chi connectivity index (χ3n) is 3.77. The van der Waals surface area contributed by atoms with E-state index in [1.807, 2.05) is 7.05 Å². The number of amides is 1. The molecular formula is C18H14Cl2FN3O. The van der Waals surface area contributed by atoms with E-state index < -0.39 is 6.04 Å². The van der Waals surface area contributed by atoms with Gasteiger partial charge in [-0.25, -0.2) is 9.37 Å².